The Morgan fingerprint density at radius 3 is 2.56 bits per heavy atom. The van der Waals surface area contributed by atoms with Crippen molar-refractivity contribution in [1.29, 1.82) is 0 Å². The predicted octanol–water partition coefficient (Wildman–Crippen LogP) is 3.26. The summed E-state index contributed by atoms with van der Waals surface area (Å²) in [5.74, 6) is 0.607. The van der Waals surface area contributed by atoms with Gasteiger partial charge in [0.1, 0.15) is 5.75 Å². The highest BCUT2D eigenvalue weighted by atomic mass is 32.2. The first-order chi connectivity index (χ1) is 16.2. The number of nitrogens with zero attached hydrogens (tertiary/aromatic N) is 4. The Labute approximate surface area is 200 Å². The van der Waals surface area contributed by atoms with Gasteiger partial charge in [0.25, 0.3) is 11.6 Å². The molecule has 3 aromatic rings. The molecule has 0 aliphatic heterocycles. The van der Waals surface area contributed by atoms with Crippen LogP contribution in [0.5, 0.6) is 5.75 Å². The molecule has 2 N–H and O–H groups in total. The number of anilines is 1. The van der Waals surface area contributed by atoms with E-state index in [1.807, 2.05) is 0 Å². The number of methoxy groups -OCH3 is 1. The van der Waals surface area contributed by atoms with E-state index in [0.29, 0.717) is 33.5 Å². The van der Waals surface area contributed by atoms with Gasteiger partial charge in [-0.2, -0.15) is 0 Å². The van der Waals surface area contributed by atoms with Gasteiger partial charge in [0.05, 0.1) is 23.8 Å². The van der Waals surface area contributed by atoms with Gasteiger partial charge in [-0.15, -0.1) is 10.2 Å². The molecule has 178 valence electrons. The van der Waals surface area contributed by atoms with Crippen molar-refractivity contribution in [2.24, 2.45) is 7.05 Å². The minimum absolute atomic E-state index is 0.0280. The number of amides is 2. The van der Waals surface area contributed by atoms with E-state index in [2.05, 4.69) is 20.8 Å². The topological polar surface area (TPSA) is 141 Å². The maximum atomic E-state index is 12.5. The first-order valence-corrected chi connectivity index (χ1v) is 11.2. The summed E-state index contributed by atoms with van der Waals surface area (Å²) >= 11 is 1.16. The highest BCUT2D eigenvalue weighted by Crippen LogP contribution is 2.23. The fourth-order valence-corrected chi connectivity index (χ4v) is 3.84. The van der Waals surface area contributed by atoms with Crippen molar-refractivity contribution in [3.8, 4) is 5.75 Å². The Balaban J connectivity index is 1.58. The van der Waals surface area contributed by atoms with E-state index in [1.165, 1.54) is 6.07 Å². The number of aryl methyl sites for hydroxylation is 1. The number of hydrogen-bond acceptors (Lipinski definition) is 8. The number of carbonyl (C=O) groups excluding carboxylic acids is 2. The van der Waals surface area contributed by atoms with Crippen molar-refractivity contribution in [3.05, 3.63) is 69.5 Å². The molecular weight excluding hydrogens is 460 g/mol. The average Bonchev–Trinajstić information content (AvgIpc) is 3.19. The molecule has 0 unspecified atom stereocenters. The van der Waals surface area contributed by atoms with Gasteiger partial charge in [-0.3, -0.25) is 19.7 Å². The van der Waals surface area contributed by atoms with Crippen LogP contribution >= 0.6 is 11.8 Å². The van der Waals surface area contributed by atoms with Crippen molar-refractivity contribution >= 4 is 35.0 Å². The third-order valence-electron chi connectivity index (χ3n) is 4.98. The van der Waals surface area contributed by atoms with Crippen molar-refractivity contribution in [3.63, 3.8) is 0 Å². The van der Waals surface area contributed by atoms with Crippen molar-refractivity contribution in [2.75, 3.05) is 18.2 Å². The molecule has 1 atom stereocenters. The molecule has 0 spiro atoms. The second-order valence-corrected chi connectivity index (χ2v) is 8.36. The van der Waals surface area contributed by atoms with Crippen molar-refractivity contribution < 1.29 is 19.2 Å². The molecule has 11 nitrogen and oxygen atoms in total. The summed E-state index contributed by atoms with van der Waals surface area (Å²) in [5, 5.41) is 25.3. The van der Waals surface area contributed by atoms with Crippen molar-refractivity contribution in [1.82, 2.24) is 20.1 Å². The van der Waals surface area contributed by atoms with E-state index in [0.717, 1.165) is 11.8 Å². The fraction of sp³-hybridized carbons (Fsp3) is 0.273. The number of rotatable bonds is 9. The molecule has 0 saturated heterocycles. The lowest BCUT2D eigenvalue weighted by Gasteiger charge is -2.14. The highest BCUT2D eigenvalue weighted by molar-refractivity contribution is 7.99. The van der Waals surface area contributed by atoms with Crippen LogP contribution in [0.2, 0.25) is 0 Å². The van der Waals surface area contributed by atoms with E-state index >= 15 is 0 Å². The van der Waals surface area contributed by atoms with Crippen LogP contribution in [0, 0.1) is 17.0 Å². The Bertz CT molecular complexity index is 1210. The summed E-state index contributed by atoms with van der Waals surface area (Å²) in [4.78, 5) is 35.4. The maximum Gasteiger partial charge on any atom is 0.274 e. The van der Waals surface area contributed by atoms with Gasteiger partial charge >= 0.3 is 0 Å². The fourth-order valence-electron chi connectivity index (χ4n) is 3.13. The summed E-state index contributed by atoms with van der Waals surface area (Å²) in [5.41, 5.74) is 1.28. The molecule has 0 radical (unpaired) electrons. The van der Waals surface area contributed by atoms with Gasteiger partial charge in [-0.25, -0.2) is 0 Å². The lowest BCUT2D eigenvalue weighted by atomic mass is 10.2. The molecule has 2 aromatic carbocycles. The number of thioether (sulfide) groups is 1. The molecule has 3 rings (SSSR count). The molecule has 34 heavy (non-hydrogen) atoms. The zero-order valence-corrected chi connectivity index (χ0v) is 19.9. The number of carbonyl (C=O) groups is 2. The van der Waals surface area contributed by atoms with E-state index < -0.39 is 11.0 Å². The molecule has 0 bridgehead atoms. The van der Waals surface area contributed by atoms with Crippen molar-refractivity contribution in [2.45, 2.75) is 25.0 Å². The Morgan fingerprint density at radius 2 is 1.91 bits per heavy atom. The first-order valence-electron chi connectivity index (χ1n) is 10.2. The third kappa shape index (κ3) is 5.90. The standard InChI is InChI=1S/C22H24N6O5S/c1-13-5-8-16(11-18(13)28(31)32)24-19(29)12-34-22-26-25-20(27(22)3)14(2)23-21(30)15-6-9-17(33-4)10-7-15/h5-11,14H,12H2,1-4H3,(H,23,30)(H,24,29)/t14-/m1/s1. The first kappa shape index (κ1) is 24.7. The molecule has 2 amide bonds. The monoisotopic (exact) mass is 484 g/mol. The number of benzene rings is 2. The number of nitro groups is 1. The van der Waals surface area contributed by atoms with Crippen LogP contribution in [0.3, 0.4) is 0 Å². The molecular formula is C22H24N6O5S. The van der Waals surface area contributed by atoms with Crippen LogP contribution in [0.1, 0.15) is 34.7 Å². The summed E-state index contributed by atoms with van der Waals surface area (Å²) in [6.45, 7) is 3.42. The average molecular weight is 485 g/mol. The third-order valence-corrected chi connectivity index (χ3v) is 6.00. The van der Waals surface area contributed by atoms with E-state index in [-0.39, 0.29) is 23.3 Å². The van der Waals surface area contributed by atoms with Crippen LogP contribution in [-0.2, 0) is 11.8 Å². The molecule has 0 aliphatic carbocycles. The van der Waals surface area contributed by atoms with Crippen LogP contribution in [0.25, 0.3) is 0 Å². The van der Waals surface area contributed by atoms with Crippen LogP contribution < -0.4 is 15.4 Å². The van der Waals surface area contributed by atoms with E-state index in [9.17, 15) is 19.7 Å². The van der Waals surface area contributed by atoms with E-state index in [1.54, 1.807) is 69.0 Å². The molecule has 0 fully saturated rings. The minimum Gasteiger partial charge on any atom is -0.497 e. The Hall–Kier alpha value is -3.93. The zero-order valence-electron chi connectivity index (χ0n) is 19.1. The maximum absolute atomic E-state index is 12.5. The van der Waals surface area contributed by atoms with Gasteiger partial charge in [0, 0.05) is 29.9 Å². The molecule has 0 aliphatic rings. The van der Waals surface area contributed by atoms with Gasteiger partial charge in [0.15, 0.2) is 11.0 Å². The van der Waals surface area contributed by atoms with Gasteiger partial charge in [-0.1, -0.05) is 17.8 Å². The second-order valence-electron chi connectivity index (χ2n) is 7.42. The van der Waals surface area contributed by atoms with Crippen LogP contribution in [0.4, 0.5) is 11.4 Å². The molecule has 12 heteroatoms. The smallest absolute Gasteiger partial charge is 0.274 e. The number of ether oxygens (including phenoxy) is 1. The molecule has 0 saturated carbocycles. The number of aromatic nitrogens is 3. The van der Waals surface area contributed by atoms with Crippen LogP contribution in [0.15, 0.2) is 47.6 Å². The quantitative estimate of drug-likeness (QED) is 0.268. The SMILES string of the molecule is COc1ccc(C(=O)N[C@H](C)c2nnc(SCC(=O)Nc3ccc(C)c([N+](=O)[O-])c3)n2C)cc1. The second kappa shape index (κ2) is 10.8. The number of nitrogens with one attached hydrogen (secondary N) is 2. The summed E-state index contributed by atoms with van der Waals surface area (Å²) < 4.78 is 6.80. The lowest BCUT2D eigenvalue weighted by Crippen LogP contribution is -2.28. The van der Waals surface area contributed by atoms with E-state index in [4.69, 9.17) is 4.74 Å². The highest BCUT2D eigenvalue weighted by Gasteiger charge is 2.19. The summed E-state index contributed by atoms with van der Waals surface area (Å²) in [6.07, 6.45) is 0. The Morgan fingerprint density at radius 1 is 1.21 bits per heavy atom. The van der Waals surface area contributed by atoms with Gasteiger partial charge in [-0.05, 0) is 44.2 Å². The number of nitro benzene ring substituents is 1. The number of hydrogen-bond donors (Lipinski definition) is 2. The summed E-state index contributed by atoms with van der Waals surface area (Å²) in [6, 6.07) is 10.8. The normalized spacial score (nSPS) is 11.5. The minimum atomic E-state index is -0.491. The molecule has 1 aromatic heterocycles. The zero-order chi connectivity index (χ0) is 24.8. The Kier molecular flexibility index (Phi) is 7.84. The largest absolute Gasteiger partial charge is 0.497 e. The molecule has 1 heterocycles. The summed E-state index contributed by atoms with van der Waals surface area (Å²) in [7, 11) is 3.30. The van der Waals surface area contributed by atoms with Gasteiger partial charge < -0.3 is 19.9 Å². The van der Waals surface area contributed by atoms with Crippen LogP contribution in [-0.4, -0.2) is 44.4 Å². The van der Waals surface area contributed by atoms with Gasteiger partial charge in [0.2, 0.25) is 5.91 Å². The predicted molar refractivity (Wildman–Crippen MR) is 127 cm³/mol. The lowest BCUT2D eigenvalue weighted by molar-refractivity contribution is -0.385.